The summed E-state index contributed by atoms with van der Waals surface area (Å²) in [5.74, 6) is 1.17. The van der Waals surface area contributed by atoms with E-state index in [1.165, 1.54) is 32.1 Å². The highest BCUT2D eigenvalue weighted by Crippen LogP contribution is 2.23. The van der Waals surface area contributed by atoms with Crippen molar-refractivity contribution in [1.29, 1.82) is 0 Å². The third-order valence-electron chi connectivity index (χ3n) is 5.54. The van der Waals surface area contributed by atoms with E-state index in [0.717, 1.165) is 29.9 Å². The summed E-state index contributed by atoms with van der Waals surface area (Å²) in [4.78, 5) is 17.0. The Labute approximate surface area is 154 Å². The summed E-state index contributed by atoms with van der Waals surface area (Å²) in [5.41, 5.74) is 1.98. The van der Waals surface area contributed by atoms with E-state index >= 15 is 0 Å². The number of nitrogens with zero attached hydrogens (tertiary/aromatic N) is 2. The number of benzene rings is 1. The van der Waals surface area contributed by atoms with Gasteiger partial charge in [0.2, 0.25) is 5.91 Å². The molecule has 4 rings (SSSR count). The Morgan fingerprint density at radius 3 is 3.00 bits per heavy atom. The van der Waals surface area contributed by atoms with Crippen molar-refractivity contribution >= 4 is 11.6 Å². The minimum Gasteiger partial charge on any atom is -0.374 e. The van der Waals surface area contributed by atoms with Crippen molar-refractivity contribution in [3.8, 4) is 0 Å². The fourth-order valence-electron chi connectivity index (χ4n) is 4.01. The van der Waals surface area contributed by atoms with Gasteiger partial charge in [-0.3, -0.25) is 4.79 Å². The van der Waals surface area contributed by atoms with Gasteiger partial charge in [0.1, 0.15) is 5.82 Å². The quantitative estimate of drug-likeness (QED) is 0.886. The van der Waals surface area contributed by atoms with Crippen LogP contribution in [0.15, 0.2) is 36.7 Å². The zero-order chi connectivity index (χ0) is 17.8. The highest BCUT2D eigenvalue weighted by molar-refractivity contribution is 5.92. The minimum absolute atomic E-state index is 0.00107. The van der Waals surface area contributed by atoms with Gasteiger partial charge in [-0.2, -0.15) is 0 Å². The summed E-state index contributed by atoms with van der Waals surface area (Å²) in [5, 5.41) is 3.08. The fourth-order valence-corrected chi connectivity index (χ4v) is 4.01. The van der Waals surface area contributed by atoms with Crippen LogP contribution in [0.25, 0.3) is 0 Å². The van der Waals surface area contributed by atoms with E-state index in [-0.39, 0.29) is 11.8 Å². The lowest BCUT2D eigenvalue weighted by atomic mass is 9.98. The minimum atomic E-state index is -0.00107. The third-order valence-corrected chi connectivity index (χ3v) is 5.54. The third kappa shape index (κ3) is 4.15. The van der Waals surface area contributed by atoms with E-state index < -0.39 is 0 Å². The molecule has 2 aromatic rings. The average molecular weight is 353 g/mol. The predicted molar refractivity (Wildman–Crippen MR) is 101 cm³/mol. The number of nitrogens with one attached hydrogen (secondary N) is 1. The Hall–Kier alpha value is -2.14. The van der Waals surface area contributed by atoms with Crippen molar-refractivity contribution in [1.82, 2.24) is 9.55 Å². The molecule has 0 radical (unpaired) electrons. The van der Waals surface area contributed by atoms with Gasteiger partial charge in [-0.1, -0.05) is 31.4 Å². The summed E-state index contributed by atoms with van der Waals surface area (Å²) in [7, 11) is 0. The zero-order valence-corrected chi connectivity index (χ0v) is 15.2. The van der Waals surface area contributed by atoms with Gasteiger partial charge < -0.3 is 14.6 Å². The first-order valence-corrected chi connectivity index (χ1v) is 9.79. The van der Waals surface area contributed by atoms with Crippen molar-refractivity contribution in [3.63, 3.8) is 0 Å². The summed E-state index contributed by atoms with van der Waals surface area (Å²) >= 11 is 0. The van der Waals surface area contributed by atoms with E-state index in [0.29, 0.717) is 19.3 Å². The first-order valence-electron chi connectivity index (χ1n) is 9.79. The van der Waals surface area contributed by atoms with Gasteiger partial charge in [0.15, 0.2) is 0 Å². The van der Waals surface area contributed by atoms with Gasteiger partial charge in [0, 0.05) is 31.0 Å². The van der Waals surface area contributed by atoms with Crippen LogP contribution in [0.4, 0.5) is 5.69 Å². The molecule has 1 amide bonds. The van der Waals surface area contributed by atoms with Crippen molar-refractivity contribution in [2.45, 2.75) is 64.2 Å². The molecule has 0 bridgehead atoms. The van der Waals surface area contributed by atoms with Gasteiger partial charge in [0.05, 0.1) is 18.6 Å². The molecule has 0 spiro atoms. The number of aromatic nitrogens is 2. The largest absolute Gasteiger partial charge is 0.374 e. The summed E-state index contributed by atoms with van der Waals surface area (Å²) in [6.45, 7) is 1.34. The highest BCUT2D eigenvalue weighted by Gasteiger charge is 2.25. The molecule has 1 saturated carbocycles. The maximum atomic E-state index is 12.6. The molecule has 5 heteroatoms. The second-order valence-electron chi connectivity index (χ2n) is 7.49. The molecule has 0 unspecified atom stereocenters. The van der Waals surface area contributed by atoms with E-state index in [9.17, 15) is 4.79 Å². The number of fused-ring (bicyclic) bond motifs is 1. The molecular weight excluding hydrogens is 326 g/mol. The van der Waals surface area contributed by atoms with Crippen LogP contribution in [0.2, 0.25) is 0 Å². The molecule has 2 aliphatic rings. The maximum absolute atomic E-state index is 12.6. The molecule has 1 fully saturated rings. The number of rotatable bonds is 5. The fraction of sp³-hybridized carbons (Fsp3) is 0.524. The van der Waals surface area contributed by atoms with Crippen LogP contribution < -0.4 is 5.32 Å². The van der Waals surface area contributed by atoms with Crippen LogP contribution in [0.1, 0.15) is 49.9 Å². The van der Waals surface area contributed by atoms with E-state index in [2.05, 4.69) is 20.9 Å². The van der Waals surface area contributed by atoms with Crippen LogP contribution in [0, 0.1) is 5.92 Å². The lowest BCUT2D eigenvalue weighted by Crippen LogP contribution is -2.31. The molecule has 1 atom stereocenters. The number of ether oxygens (including phenoxy) is 1. The molecule has 1 N–H and O–H groups in total. The van der Waals surface area contributed by atoms with E-state index in [1.54, 1.807) is 0 Å². The number of hydrogen-bond acceptors (Lipinski definition) is 3. The Kier molecular flexibility index (Phi) is 5.34. The van der Waals surface area contributed by atoms with Crippen molar-refractivity contribution in [2.75, 3.05) is 5.32 Å². The first-order chi connectivity index (χ1) is 12.8. The normalized spacial score (nSPS) is 20.5. The van der Waals surface area contributed by atoms with Crippen LogP contribution in [0.5, 0.6) is 0 Å². The van der Waals surface area contributed by atoms with Crippen LogP contribution in [-0.4, -0.2) is 21.6 Å². The van der Waals surface area contributed by atoms with E-state index in [1.807, 2.05) is 30.6 Å². The van der Waals surface area contributed by atoms with E-state index in [4.69, 9.17) is 4.74 Å². The summed E-state index contributed by atoms with van der Waals surface area (Å²) < 4.78 is 8.14. The molecular formula is C21H27N3O2. The summed E-state index contributed by atoms with van der Waals surface area (Å²) in [6.07, 6.45) is 12.1. The Balaban J connectivity index is 1.32. The van der Waals surface area contributed by atoms with Crippen LogP contribution >= 0.6 is 0 Å². The molecule has 26 heavy (non-hydrogen) atoms. The van der Waals surface area contributed by atoms with Gasteiger partial charge in [-0.15, -0.1) is 0 Å². The van der Waals surface area contributed by atoms with Crippen molar-refractivity contribution < 1.29 is 9.53 Å². The van der Waals surface area contributed by atoms with Crippen LogP contribution in [0.3, 0.4) is 0 Å². The number of anilines is 1. The number of carbonyl (C=O) groups is 1. The van der Waals surface area contributed by atoms with Gasteiger partial charge in [-0.25, -0.2) is 4.98 Å². The SMILES string of the molecule is O=C(Nc1cccc(COC2CCCCC2)c1)[C@@H]1CCc2nccn2C1. The molecule has 1 aliphatic carbocycles. The maximum Gasteiger partial charge on any atom is 0.229 e. The van der Waals surface area contributed by atoms with Crippen molar-refractivity contribution in [3.05, 3.63) is 48.0 Å². The monoisotopic (exact) mass is 353 g/mol. The van der Waals surface area contributed by atoms with Gasteiger partial charge >= 0.3 is 0 Å². The zero-order valence-electron chi connectivity index (χ0n) is 15.2. The lowest BCUT2D eigenvalue weighted by molar-refractivity contribution is -0.120. The Bertz CT molecular complexity index is 749. The molecule has 5 nitrogen and oxygen atoms in total. The molecule has 138 valence electrons. The topological polar surface area (TPSA) is 56.1 Å². The Morgan fingerprint density at radius 1 is 1.23 bits per heavy atom. The van der Waals surface area contributed by atoms with Gasteiger partial charge in [0.25, 0.3) is 0 Å². The summed E-state index contributed by atoms with van der Waals surface area (Å²) in [6, 6.07) is 8.04. The molecule has 1 aromatic carbocycles. The number of hydrogen-bond donors (Lipinski definition) is 1. The molecule has 1 aromatic heterocycles. The van der Waals surface area contributed by atoms with Crippen molar-refractivity contribution in [2.24, 2.45) is 5.92 Å². The number of amides is 1. The van der Waals surface area contributed by atoms with Gasteiger partial charge in [-0.05, 0) is 37.0 Å². The average Bonchev–Trinajstić information content (AvgIpc) is 3.15. The molecule has 1 aliphatic heterocycles. The smallest absolute Gasteiger partial charge is 0.229 e. The second-order valence-corrected chi connectivity index (χ2v) is 7.49. The highest BCUT2D eigenvalue weighted by atomic mass is 16.5. The lowest BCUT2D eigenvalue weighted by Gasteiger charge is -2.23. The first kappa shape index (κ1) is 17.3. The number of carbonyl (C=O) groups excluding carboxylic acids is 1. The number of imidazole rings is 1. The van der Waals surface area contributed by atoms with Crippen LogP contribution in [-0.2, 0) is 29.1 Å². The molecule has 0 saturated heterocycles. The second kappa shape index (κ2) is 8.04. The standard InChI is InChI=1S/C21H27N3O2/c25-21(17-9-10-20-22-11-12-24(20)14-17)23-18-6-4-5-16(13-18)15-26-19-7-2-1-3-8-19/h4-6,11-13,17,19H,1-3,7-10,14-15H2,(H,23,25)/t17-/m1/s1. The number of aryl methyl sites for hydroxylation is 1. The Morgan fingerprint density at radius 2 is 2.12 bits per heavy atom. The molecule has 2 heterocycles. The predicted octanol–water partition coefficient (Wildman–Crippen LogP) is 3.93.